The average molecular weight is 407 g/mol. The third-order valence-corrected chi connectivity index (χ3v) is 4.90. The van der Waals surface area contributed by atoms with Crippen LogP contribution in [0.5, 0.6) is 11.5 Å². The Morgan fingerprint density at radius 2 is 1.93 bits per heavy atom. The smallest absolute Gasteiger partial charge is 0.325 e. The minimum absolute atomic E-state index is 0.0735. The maximum absolute atomic E-state index is 12.6. The van der Waals surface area contributed by atoms with Gasteiger partial charge in [-0.05, 0) is 30.0 Å². The molecule has 1 aliphatic rings. The number of rotatable bonds is 10. The highest BCUT2D eigenvalue weighted by Gasteiger charge is 2.38. The first-order valence-electron chi connectivity index (χ1n) is 9.53. The summed E-state index contributed by atoms with van der Waals surface area (Å²) in [5.41, 5.74) is 0.715. The summed E-state index contributed by atoms with van der Waals surface area (Å²) in [5, 5.41) is 14.7. The van der Waals surface area contributed by atoms with Crippen molar-refractivity contribution in [3.8, 4) is 11.5 Å². The van der Waals surface area contributed by atoms with E-state index in [1.807, 2.05) is 13.8 Å². The van der Waals surface area contributed by atoms with Gasteiger partial charge in [0.15, 0.2) is 11.5 Å². The molecule has 2 atom stereocenters. The molecule has 160 valence electrons. The summed E-state index contributed by atoms with van der Waals surface area (Å²) in [6.07, 6.45) is 0.263. The van der Waals surface area contributed by atoms with E-state index in [-0.39, 0.29) is 49.8 Å². The zero-order valence-electron chi connectivity index (χ0n) is 17.2. The van der Waals surface area contributed by atoms with E-state index in [4.69, 9.17) is 9.47 Å². The summed E-state index contributed by atoms with van der Waals surface area (Å²) in [7, 11) is 3.04. The zero-order valence-corrected chi connectivity index (χ0v) is 17.2. The van der Waals surface area contributed by atoms with Gasteiger partial charge in [-0.25, -0.2) is 4.79 Å². The Balaban J connectivity index is 1.95. The maximum atomic E-state index is 12.6. The van der Waals surface area contributed by atoms with Crippen LogP contribution in [0, 0.1) is 5.92 Å². The summed E-state index contributed by atoms with van der Waals surface area (Å²) < 4.78 is 10.4. The summed E-state index contributed by atoms with van der Waals surface area (Å²) in [4.78, 5) is 38.1. The predicted molar refractivity (Wildman–Crippen MR) is 106 cm³/mol. The largest absolute Gasteiger partial charge is 0.493 e. The highest BCUT2D eigenvalue weighted by molar-refractivity contribution is 6.04. The van der Waals surface area contributed by atoms with Crippen molar-refractivity contribution in [2.75, 3.05) is 20.8 Å². The minimum Gasteiger partial charge on any atom is -0.493 e. The second-order valence-corrected chi connectivity index (χ2v) is 7.26. The van der Waals surface area contributed by atoms with Gasteiger partial charge in [0.05, 0.1) is 33.4 Å². The molecule has 9 heteroatoms. The average Bonchev–Trinajstić information content (AvgIpc) is 2.97. The van der Waals surface area contributed by atoms with Crippen molar-refractivity contribution >= 4 is 17.8 Å². The van der Waals surface area contributed by atoms with Gasteiger partial charge < -0.3 is 25.2 Å². The molecule has 29 heavy (non-hydrogen) atoms. The van der Waals surface area contributed by atoms with Gasteiger partial charge in [-0.2, -0.15) is 0 Å². The molecule has 0 saturated carbocycles. The number of urea groups is 1. The number of hydrogen-bond donors (Lipinski definition) is 3. The fourth-order valence-electron chi connectivity index (χ4n) is 3.06. The van der Waals surface area contributed by atoms with Crippen LogP contribution in [0.25, 0.3) is 0 Å². The number of nitrogens with one attached hydrogen (secondary N) is 2. The number of amides is 4. The molecule has 2 rings (SSSR count). The van der Waals surface area contributed by atoms with Crippen molar-refractivity contribution in [2.24, 2.45) is 5.92 Å². The van der Waals surface area contributed by atoms with Gasteiger partial charge in [0.1, 0.15) is 6.04 Å². The number of aliphatic hydroxyl groups is 1. The standard InChI is InChI=1S/C20H29N3O6/c1-12(2)15(11-24)21-18(25)8-6-14-19(26)23(20(27)22-14)10-13-5-7-16(28-3)17(9-13)29-4/h5,7,9,12,14-15,24H,6,8,10-11H2,1-4H3,(H,21,25)(H,22,27)/t14-,15-/m1/s1. The third-order valence-electron chi connectivity index (χ3n) is 4.90. The van der Waals surface area contributed by atoms with Crippen LogP contribution in [0.2, 0.25) is 0 Å². The molecule has 1 heterocycles. The van der Waals surface area contributed by atoms with Crippen molar-refractivity contribution in [2.45, 2.75) is 45.3 Å². The van der Waals surface area contributed by atoms with Gasteiger partial charge in [-0.3, -0.25) is 14.5 Å². The molecule has 1 aromatic carbocycles. The normalized spacial score (nSPS) is 17.3. The van der Waals surface area contributed by atoms with E-state index in [9.17, 15) is 19.5 Å². The Morgan fingerprint density at radius 1 is 1.24 bits per heavy atom. The molecule has 0 radical (unpaired) electrons. The summed E-state index contributed by atoms with van der Waals surface area (Å²) in [5.74, 6) is 0.515. The van der Waals surface area contributed by atoms with Crippen molar-refractivity contribution in [1.82, 2.24) is 15.5 Å². The first-order valence-corrected chi connectivity index (χ1v) is 9.53. The Bertz CT molecular complexity index is 752. The van der Waals surface area contributed by atoms with Crippen LogP contribution in [0.1, 0.15) is 32.3 Å². The molecule has 0 unspecified atom stereocenters. The molecule has 9 nitrogen and oxygen atoms in total. The molecule has 1 aromatic rings. The zero-order chi connectivity index (χ0) is 21.6. The Hall–Kier alpha value is -2.81. The van der Waals surface area contributed by atoms with Gasteiger partial charge >= 0.3 is 6.03 Å². The Morgan fingerprint density at radius 3 is 2.52 bits per heavy atom. The van der Waals surface area contributed by atoms with Crippen molar-refractivity contribution in [1.29, 1.82) is 0 Å². The van der Waals surface area contributed by atoms with Gasteiger partial charge in [0.2, 0.25) is 5.91 Å². The fourth-order valence-corrected chi connectivity index (χ4v) is 3.06. The lowest BCUT2D eigenvalue weighted by molar-refractivity contribution is -0.128. The van der Waals surface area contributed by atoms with Crippen LogP contribution < -0.4 is 20.1 Å². The van der Waals surface area contributed by atoms with Crippen molar-refractivity contribution in [3.63, 3.8) is 0 Å². The van der Waals surface area contributed by atoms with Crippen LogP contribution >= 0.6 is 0 Å². The molecule has 0 aliphatic carbocycles. The lowest BCUT2D eigenvalue weighted by atomic mass is 10.0. The van der Waals surface area contributed by atoms with Gasteiger partial charge in [0, 0.05) is 6.42 Å². The van der Waals surface area contributed by atoms with E-state index in [1.165, 1.54) is 14.2 Å². The van der Waals surface area contributed by atoms with Crippen molar-refractivity contribution in [3.05, 3.63) is 23.8 Å². The van der Waals surface area contributed by atoms with E-state index in [2.05, 4.69) is 10.6 Å². The topological polar surface area (TPSA) is 117 Å². The van der Waals surface area contributed by atoms with Gasteiger partial charge in [0.25, 0.3) is 5.91 Å². The quantitative estimate of drug-likeness (QED) is 0.499. The number of aliphatic hydroxyl groups excluding tert-OH is 1. The number of carbonyl (C=O) groups excluding carboxylic acids is 3. The maximum Gasteiger partial charge on any atom is 0.325 e. The van der Waals surface area contributed by atoms with E-state index < -0.39 is 12.1 Å². The molecule has 1 aliphatic heterocycles. The number of carbonyl (C=O) groups is 3. The highest BCUT2D eigenvalue weighted by Crippen LogP contribution is 2.28. The fraction of sp³-hybridized carbons (Fsp3) is 0.550. The number of hydrogen-bond acceptors (Lipinski definition) is 6. The predicted octanol–water partition coefficient (Wildman–Crippen LogP) is 1.04. The molecule has 3 N–H and O–H groups in total. The highest BCUT2D eigenvalue weighted by atomic mass is 16.5. The van der Waals surface area contributed by atoms with Crippen LogP contribution in [0.4, 0.5) is 4.79 Å². The number of methoxy groups -OCH3 is 2. The molecule has 0 bridgehead atoms. The number of ether oxygens (including phenoxy) is 2. The SMILES string of the molecule is COc1ccc(CN2C(=O)N[C@H](CCC(=O)N[C@H](CO)C(C)C)C2=O)cc1OC. The van der Waals surface area contributed by atoms with Gasteiger partial charge in [-0.15, -0.1) is 0 Å². The summed E-state index contributed by atoms with van der Waals surface area (Å²) in [6.45, 7) is 3.73. The van der Waals surface area contributed by atoms with Crippen LogP contribution in [-0.4, -0.2) is 60.8 Å². The van der Waals surface area contributed by atoms with Crippen LogP contribution in [-0.2, 0) is 16.1 Å². The number of nitrogens with zero attached hydrogens (tertiary/aromatic N) is 1. The van der Waals surface area contributed by atoms with E-state index in [0.717, 1.165) is 4.90 Å². The van der Waals surface area contributed by atoms with Crippen LogP contribution in [0.15, 0.2) is 18.2 Å². The first kappa shape index (κ1) is 22.5. The molecular formula is C20H29N3O6. The van der Waals surface area contributed by atoms with Crippen molar-refractivity contribution < 1.29 is 29.0 Å². The lowest BCUT2D eigenvalue weighted by Crippen LogP contribution is -2.42. The van der Waals surface area contributed by atoms with E-state index in [0.29, 0.717) is 17.1 Å². The monoisotopic (exact) mass is 407 g/mol. The number of benzene rings is 1. The molecule has 4 amide bonds. The Kier molecular flexibility index (Phi) is 7.83. The molecule has 1 fully saturated rings. The van der Waals surface area contributed by atoms with Gasteiger partial charge in [-0.1, -0.05) is 19.9 Å². The Labute approximate surface area is 170 Å². The molecule has 0 aromatic heterocycles. The summed E-state index contributed by atoms with van der Waals surface area (Å²) >= 11 is 0. The minimum atomic E-state index is -0.750. The van der Waals surface area contributed by atoms with E-state index >= 15 is 0 Å². The second-order valence-electron chi connectivity index (χ2n) is 7.26. The first-order chi connectivity index (χ1) is 13.8. The molecule has 0 spiro atoms. The second kappa shape index (κ2) is 10.1. The van der Waals surface area contributed by atoms with E-state index in [1.54, 1.807) is 18.2 Å². The van der Waals surface area contributed by atoms with Crippen LogP contribution in [0.3, 0.4) is 0 Å². The number of imide groups is 1. The summed E-state index contributed by atoms with van der Waals surface area (Å²) in [6, 6.07) is 3.59. The molecule has 1 saturated heterocycles. The molecular weight excluding hydrogens is 378 g/mol. The lowest BCUT2D eigenvalue weighted by Gasteiger charge is -2.20. The third kappa shape index (κ3) is 5.60.